The Morgan fingerprint density at radius 3 is 2.47 bits per heavy atom. The number of fused-ring (bicyclic) bond motifs is 2. The van der Waals surface area contributed by atoms with E-state index >= 15 is 0 Å². The number of pyridine rings is 2. The van der Waals surface area contributed by atoms with E-state index in [4.69, 9.17) is 0 Å². The van der Waals surface area contributed by atoms with Crippen molar-refractivity contribution < 1.29 is 22.4 Å². The molecule has 0 spiro atoms. The maximum atomic E-state index is 13.6. The first-order valence-corrected chi connectivity index (χ1v) is 10.8. The van der Waals surface area contributed by atoms with Crippen LogP contribution in [0.3, 0.4) is 0 Å². The highest BCUT2D eigenvalue weighted by Gasteiger charge is 2.47. The molecular formula is C23H20F4N6O. The lowest BCUT2D eigenvalue weighted by atomic mass is 10.0. The lowest BCUT2D eigenvalue weighted by molar-refractivity contribution is -0.137. The molecule has 5 rings (SSSR count). The number of piperidine rings is 1. The molecule has 1 N–H and O–H groups in total. The SMILES string of the molecule is Cc1ccc(C(=O)N2CC3CC2[C@@H](Nc2ccc(C(F)(F)F)cn2)C3)c(-c2ncc(F)cn2)n1. The fourth-order valence-corrected chi connectivity index (χ4v) is 4.74. The number of aryl methyl sites for hydroxylation is 1. The van der Waals surface area contributed by atoms with E-state index in [0.717, 1.165) is 37.5 Å². The molecule has 1 saturated heterocycles. The second-order valence-corrected chi connectivity index (χ2v) is 8.62. The molecule has 0 radical (unpaired) electrons. The summed E-state index contributed by atoms with van der Waals surface area (Å²) < 4.78 is 51.7. The van der Waals surface area contributed by atoms with Gasteiger partial charge in [0.1, 0.15) is 11.5 Å². The lowest BCUT2D eigenvalue weighted by Gasteiger charge is -2.34. The Bertz CT molecular complexity index is 1220. The van der Waals surface area contributed by atoms with E-state index in [1.807, 2.05) is 0 Å². The highest BCUT2D eigenvalue weighted by molar-refractivity contribution is 5.99. The number of halogens is 4. The lowest BCUT2D eigenvalue weighted by Crippen LogP contribution is -2.48. The molecular weight excluding hydrogens is 452 g/mol. The van der Waals surface area contributed by atoms with Gasteiger partial charge in [-0.1, -0.05) is 0 Å². The zero-order valence-electron chi connectivity index (χ0n) is 18.1. The summed E-state index contributed by atoms with van der Waals surface area (Å²) in [4.78, 5) is 31.6. The van der Waals surface area contributed by atoms with Crippen molar-refractivity contribution in [1.82, 2.24) is 24.8 Å². The standard InChI is InChI=1S/C23H20F4N6O/c1-12-2-4-16(20(31-12)21-29-9-15(24)10-30-21)22(34)33-11-13-6-17(18(33)7-13)32-19-5-3-14(8-28-19)23(25,26)27/h2-5,8-10,13,17-18H,6-7,11H2,1H3,(H,28,32)/t13?,17-,18?/m0/s1. The topological polar surface area (TPSA) is 83.9 Å². The van der Waals surface area contributed by atoms with E-state index in [0.29, 0.717) is 23.6 Å². The largest absolute Gasteiger partial charge is 0.417 e. The number of carbonyl (C=O) groups is 1. The number of hydrogen-bond acceptors (Lipinski definition) is 6. The van der Waals surface area contributed by atoms with Gasteiger partial charge in [0, 0.05) is 24.5 Å². The third-order valence-electron chi connectivity index (χ3n) is 6.26. The molecule has 176 valence electrons. The predicted octanol–water partition coefficient (Wildman–Crippen LogP) is 4.12. The van der Waals surface area contributed by atoms with Crippen LogP contribution >= 0.6 is 0 Å². The Morgan fingerprint density at radius 1 is 1.06 bits per heavy atom. The van der Waals surface area contributed by atoms with Crippen molar-refractivity contribution in [1.29, 1.82) is 0 Å². The van der Waals surface area contributed by atoms with Gasteiger partial charge in [0.05, 0.1) is 29.6 Å². The van der Waals surface area contributed by atoms with Crippen LogP contribution in [0.15, 0.2) is 42.9 Å². The molecule has 1 amide bonds. The molecule has 3 aromatic heterocycles. The van der Waals surface area contributed by atoms with E-state index in [1.54, 1.807) is 24.0 Å². The van der Waals surface area contributed by atoms with Gasteiger partial charge in [-0.25, -0.2) is 24.3 Å². The van der Waals surface area contributed by atoms with Crippen molar-refractivity contribution in [3.05, 3.63) is 65.5 Å². The van der Waals surface area contributed by atoms with E-state index in [1.165, 1.54) is 6.07 Å². The average Bonchev–Trinajstić information content (AvgIpc) is 3.39. The normalized spacial score (nSPS) is 21.7. The summed E-state index contributed by atoms with van der Waals surface area (Å²) in [6, 6.07) is 5.38. The van der Waals surface area contributed by atoms with Crippen LogP contribution in [0.4, 0.5) is 23.4 Å². The van der Waals surface area contributed by atoms with Gasteiger partial charge in [-0.05, 0) is 49.9 Å². The van der Waals surface area contributed by atoms with Gasteiger partial charge in [0.15, 0.2) is 11.6 Å². The molecule has 4 heterocycles. The maximum Gasteiger partial charge on any atom is 0.417 e. The molecule has 3 atom stereocenters. The smallest absolute Gasteiger partial charge is 0.365 e. The Labute approximate surface area is 192 Å². The zero-order valence-corrected chi connectivity index (χ0v) is 18.1. The summed E-state index contributed by atoms with van der Waals surface area (Å²) in [5, 5.41) is 3.19. The van der Waals surface area contributed by atoms with Gasteiger partial charge in [-0.3, -0.25) is 4.79 Å². The number of rotatable bonds is 4. The number of nitrogens with zero attached hydrogens (tertiary/aromatic N) is 5. The summed E-state index contributed by atoms with van der Waals surface area (Å²) in [6.45, 7) is 2.34. The Morgan fingerprint density at radius 2 is 1.82 bits per heavy atom. The van der Waals surface area contributed by atoms with Gasteiger partial charge in [-0.15, -0.1) is 0 Å². The first-order chi connectivity index (χ1) is 16.2. The van der Waals surface area contributed by atoms with Gasteiger partial charge in [0.25, 0.3) is 5.91 Å². The predicted molar refractivity (Wildman–Crippen MR) is 114 cm³/mol. The fraction of sp³-hybridized carbons (Fsp3) is 0.348. The minimum atomic E-state index is -4.45. The Balaban J connectivity index is 1.37. The van der Waals surface area contributed by atoms with Crippen LogP contribution in [0.5, 0.6) is 0 Å². The minimum absolute atomic E-state index is 0.143. The molecule has 1 aliphatic carbocycles. The van der Waals surface area contributed by atoms with Crippen molar-refractivity contribution in [2.24, 2.45) is 5.92 Å². The van der Waals surface area contributed by atoms with E-state index in [-0.39, 0.29) is 35.4 Å². The van der Waals surface area contributed by atoms with E-state index in [9.17, 15) is 22.4 Å². The molecule has 7 nitrogen and oxygen atoms in total. The second-order valence-electron chi connectivity index (χ2n) is 8.62. The first-order valence-electron chi connectivity index (χ1n) is 10.8. The molecule has 2 unspecified atom stereocenters. The molecule has 3 aromatic rings. The summed E-state index contributed by atoms with van der Waals surface area (Å²) in [7, 11) is 0. The minimum Gasteiger partial charge on any atom is -0.365 e. The number of alkyl halides is 3. The zero-order chi connectivity index (χ0) is 24.0. The van der Waals surface area contributed by atoms with Gasteiger partial charge in [0.2, 0.25) is 0 Å². The van der Waals surface area contributed by atoms with E-state index < -0.39 is 17.6 Å². The average molecular weight is 472 g/mol. The molecule has 2 bridgehead atoms. The monoisotopic (exact) mass is 472 g/mol. The number of anilines is 1. The third-order valence-corrected chi connectivity index (χ3v) is 6.26. The molecule has 1 saturated carbocycles. The molecule has 2 aliphatic rings. The van der Waals surface area contributed by atoms with Gasteiger partial charge in [-0.2, -0.15) is 13.2 Å². The number of amides is 1. The Kier molecular flexibility index (Phi) is 5.41. The van der Waals surface area contributed by atoms with Crippen LogP contribution in [0.25, 0.3) is 11.5 Å². The summed E-state index contributed by atoms with van der Waals surface area (Å²) >= 11 is 0. The maximum absolute atomic E-state index is 13.6. The number of likely N-dealkylation sites (tertiary alicyclic amines) is 1. The summed E-state index contributed by atoms with van der Waals surface area (Å²) in [6.07, 6.45) is -0.0333. The van der Waals surface area contributed by atoms with Crippen LogP contribution in [0, 0.1) is 18.7 Å². The highest BCUT2D eigenvalue weighted by Crippen LogP contribution is 2.40. The highest BCUT2D eigenvalue weighted by atomic mass is 19.4. The van der Waals surface area contributed by atoms with Crippen molar-refractivity contribution in [2.75, 3.05) is 11.9 Å². The van der Waals surface area contributed by atoms with Gasteiger partial charge >= 0.3 is 6.18 Å². The number of aromatic nitrogens is 4. The van der Waals surface area contributed by atoms with Gasteiger partial charge < -0.3 is 10.2 Å². The second kappa shape index (κ2) is 8.30. The van der Waals surface area contributed by atoms with E-state index in [2.05, 4.69) is 25.3 Å². The summed E-state index contributed by atoms with van der Waals surface area (Å²) in [5.74, 6) is -0.0802. The van der Waals surface area contributed by atoms with Crippen LogP contribution in [0.2, 0.25) is 0 Å². The van der Waals surface area contributed by atoms with Crippen LogP contribution in [0.1, 0.15) is 34.5 Å². The fourth-order valence-electron chi connectivity index (χ4n) is 4.74. The van der Waals surface area contributed by atoms with Crippen molar-refractivity contribution >= 4 is 11.7 Å². The number of carbonyl (C=O) groups excluding carboxylic acids is 1. The molecule has 2 fully saturated rings. The van der Waals surface area contributed by atoms with Crippen molar-refractivity contribution in [3.8, 4) is 11.5 Å². The quantitative estimate of drug-likeness (QED) is 0.576. The summed E-state index contributed by atoms with van der Waals surface area (Å²) in [5.41, 5.74) is 0.443. The molecule has 34 heavy (non-hydrogen) atoms. The molecule has 0 aromatic carbocycles. The number of hydrogen-bond donors (Lipinski definition) is 1. The molecule has 11 heteroatoms. The van der Waals surface area contributed by atoms with Crippen LogP contribution in [-0.2, 0) is 6.18 Å². The first kappa shape index (κ1) is 22.2. The van der Waals surface area contributed by atoms with Crippen molar-refractivity contribution in [3.63, 3.8) is 0 Å². The van der Waals surface area contributed by atoms with Crippen LogP contribution < -0.4 is 5.32 Å². The third kappa shape index (κ3) is 4.17. The van der Waals surface area contributed by atoms with Crippen LogP contribution in [-0.4, -0.2) is 49.4 Å². The Hall–Kier alpha value is -3.63. The molecule has 1 aliphatic heterocycles. The van der Waals surface area contributed by atoms with Crippen molar-refractivity contribution in [2.45, 2.75) is 38.0 Å². The number of nitrogens with one attached hydrogen (secondary N) is 1.